The molecule has 0 bridgehead atoms. The van der Waals surface area contributed by atoms with Crippen LogP contribution in [0.15, 0.2) is 18.2 Å². The van der Waals surface area contributed by atoms with Gasteiger partial charge in [0.05, 0.1) is 13.2 Å². The first-order valence-electron chi connectivity index (χ1n) is 8.61. The lowest BCUT2D eigenvalue weighted by molar-refractivity contribution is -0.00193. The average molecular weight is 324 g/mol. The molecule has 0 spiro atoms. The van der Waals surface area contributed by atoms with Gasteiger partial charge in [-0.3, -0.25) is 9.80 Å². The van der Waals surface area contributed by atoms with Crippen LogP contribution in [0.3, 0.4) is 0 Å². The van der Waals surface area contributed by atoms with Crippen LogP contribution < -0.4 is 0 Å². The Morgan fingerprint density at radius 3 is 2.26 bits per heavy atom. The Labute approximate surface area is 137 Å². The number of benzene rings is 1. The maximum absolute atomic E-state index is 13.3. The fourth-order valence-electron chi connectivity index (χ4n) is 3.84. The number of piperidine rings is 1. The molecule has 0 amide bonds. The van der Waals surface area contributed by atoms with Gasteiger partial charge in [0.15, 0.2) is 0 Å². The molecule has 0 radical (unpaired) electrons. The highest BCUT2D eigenvalue weighted by Crippen LogP contribution is 2.25. The highest BCUT2D eigenvalue weighted by molar-refractivity contribution is 5.17. The molecule has 2 heterocycles. The van der Waals surface area contributed by atoms with Gasteiger partial charge in [0, 0.05) is 31.7 Å². The molecule has 0 unspecified atom stereocenters. The monoisotopic (exact) mass is 324 g/mol. The van der Waals surface area contributed by atoms with Crippen molar-refractivity contribution in [2.45, 2.75) is 32.4 Å². The fourth-order valence-corrected chi connectivity index (χ4v) is 3.84. The molecule has 3 rings (SSSR count). The zero-order chi connectivity index (χ0) is 16.2. The normalized spacial score (nSPS) is 23.1. The Morgan fingerprint density at radius 2 is 1.65 bits per heavy atom. The summed E-state index contributed by atoms with van der Waals surface area (Å²) in [4.78, 5) is 4.84. The van der Waals surface area contributed by atoms with Crippen LogP contribution in [0, 0.1) is 17.6 Å². The number of nitrogens with zero attached hydrogens (tertiary/aromatic N) is 2. The molecule has 2 aliphatic rings. The van der Waals surface area contributed by atoms with Crippen LogP contribution >= 0.6 is 0 Å². The Hall–Kier alpha value is -1.04. The molecule has 0 aromatic heterocycles. The van der Waals surface area contributed by atoms with Gasteiger partial charge >= 0.3 is 0 Å². The second kappa shape index (κ2) is 7.69. The first kappa shape index (κ1) is 16.8. The number of likely N-dealkylation sites (tertiary alicyclic amines) is 1. The van der Waals surface area contributed by atoms with Crippen LogP contribution in [-0.4, -0.2) is 55.2 Å². The van der Waals surface area contributed by atoms with Gasteiger partial charge < -0.3 is 4.74 Å². The lowest BCUT2D eigenvalue weighted by Crippen LogP contribution is -2.48. The third-order valence-corrected chi connectivity index (χ3v) is 5.26. The SMILES string of the molecule is C[C@H](C1CCN(Cc2cc(F)cc(F)c2)CC1)N1CCOCC1. The van der Waals surface area contributed by atoms with Crippen LogP contribution in [0.25, 0.3) is 0 Å². The Bertz CT molecular complexity index is 491. The Kier molecular flexibility index (Phi) is 5.62. The lowest BCUT2D eigenvalue weighted by Gasteiger charge is -2.41. The van der Waals surface area contributed by atoms with E-state index in [1.165, 1.54) is 12.1 Å². The molecule has 0 N–H and O–H groups in total. The van der Waals surface area contributed by atoms with E-state index in [2.05, 4.69) is 16.7 Å². The molecule has 23 heavy (non-hydrogen) atoms. The van der Waals surface area contributed by atoms with Crippen molar-refractivity contribution in [3.05, 3.63) is 35.4 Å². The van der Waals surface area contributed by atoms with Gasteiger partial charge in [0.1, 0.15) is 11.6 Å². The summed E-state index contributed by atoms with van der Waals surface area (Å²) in [5.74, 6) is -0.278. The maximum atomic E-state index is 13.3. The van der Waals surface area contributed by atoms with Crippen LogP contribution in [0.2, 0.25) is 0 Å². The van der Waals surface area contributed by atoms with E-state index < -0.39 is 11.6 Å². The van der Waals surface area contributed by atoms with Crippen molar-refractivity contribution in [1.82, 2.24) is 9.80 Å². The van der Waals surface area contributed by atoms with E-state index in [0.29, 0.717) is 18.5 Å². The molecule has 2 fully saturated rings. The highest BCUT2D eigenvalue weighted by atomic mass is 19.1. The summed E-state index contributed by atoms with van der Waals surface area (Å²) in [6, 6.07) is 4.39. The highest BCUT2D eigenvalue weighted by Gasteiger charge is 2.28. The molecule has 0 aliphatic carbocycles. The smallest absolute Gasteiger partial charge is 0.126 e. The molecular weight excluding hydrogens is 298 g/mol. The van der Waals surface area contributed by atoms with Crippen molar-refractivity contribution in [2.24, 2.45) is 5.92 Å². The predicted molar refractivity (Wildman–Crippen MR) is 86.2 cm³/mol. The molecule has 1 atom stereocenters. The van der Waals surface area contributed by atoms with E-state index in [9.17, 15) is 8.78 Å². The molecule has 1 aromatic rings. The van der Waals surface area contributed by atoms with Crippen LogP contribution in [-0.2, 0) is 11.3 Å². The van der Waals surface area contributed by atoms with Gasteiger partial charge in [-0.1, -0.05) is 0 Å². The number of morpholine rings is 1. The number of hydrogen-bond donors (Lipinski definition) is 0. The minimum atomic E-state index is -0.490. The van der Waals surface area contributed by atoms with E-state index in [4.69, 9.17) is 4.74 Å². The van der Waals surface area contributed by atoms with E-state index in [-0.39, 0.29) is 0 Å². The van der Waals surface area contributed by atoms with Crippen molar-refractivity contribution >= 4 is 0 Å². The third-order valence-electron chi connectivity index (χ3n) is 5.26. The molecule has 2 aliphatic heterocycles. The number of hydrogen-bond acceptors (Lipinski definition) is 3. The molecule has 5 heteroatoms. The van der Waals surface area contributed by atoms with Gasteiger partial charge in [-0.15, -0.1) is 0 Å². The summed E-state index contributed by atoms with van der Waals surface area (Å²) in [6.45, 7) is 8.70. The van der Waals surface area contributed by atoms with Gasteiger partial charge in [-0.2, -0.15) is 0 Å². The lowest BCUT2D eigenvalue weighted by atomic mass is 9.89. The zero-order valence-corrected chi connectivity index (χ0v) is 13.8. The predicted octanol–water partition coefficient (Wildman–Crippen LogP) is 2.90. The van der Waals surface area contributed by atoms with Crippen molar-refractivity contribution in [1.29, 1.82) is 0 Å². The van der Waals surface area contributed by atoms with E-state index in [1.54, 1.807) is 0 Å². The molecular formula is C18H26F2N2O. The van der Waals surface area contributed by atoms with Crippen molar-refractivity contribution in [2.75, 3.05) is 39.4 Å². The molecule has 0 saturated carbocycles. The summed E-state index contributed by atoms with van der Waals surface area (Å²) in [6.07, 6.45) is 2.30. The van der Waals surface area contributed by atoms with Gasteiger partial charge in [-0.25, -0.2) is 8.78 Å². The second-order valence-corrected chi connectivity index (χ2v) is 6.78. The summed E-state index contributed by atoms with van der Waals surface area (Å²) in [5.41, 5.74) is 0.724. The third kappa shape index (κ3) is 4.49. The molecule has 3 nitrogen and oxygen atoms in total. The van der Waals surface area contributed by atoms with Crippen molar-refractivity contribution in [3.8, 4) is 0 Å². The number of ether oxygens (including phenoxy) is 1. The molecule has 128 valence electrons. The minimum Gasteiger partial charge on any atom is -0.379 e. The summed E-state index contributed by atoms with van der Waals surface area (Å²) < 4.78 is 32.0. The summed E-state index contributed by atoms with van der Waals surface area (Å²) in [7, 11) is 0. The number of rotatable bonds is 4. The van der Waals surface area contributed by atoms with Crippen LogP contribution in [0.5, 0.6) is 0 Å². The van der Waals surface area contributed by atoms with Gasteiger partial charge in [0.2, 0.25) is 0 Å². The Balaban J connectivity index is 1.49. The fraction of sp³-hybridized carbons (Fsp3) is 0.667. The van der Waals surface area contributed by atoms with Crippen molar-refractivity contribution < 1.29 is 13.5 Å². The average Bonchev–Trinajstić information content (AvgIpc) is 2.55. The van der Waals surface area contributed by atoms with Gasteiger partial charge in [-0.05, 0) is 56.5 Å². The first-order valence-corrected chi connectivity index (χ1v) is 8.61. The second-order valence-electron chi connectivity index (χ2n) is 6.78. The van der Waals surface area contributed by atoms with E-state index in [0.717, 1.165) is 63.9 Å². The summed E-state index contributed by atoms with van der Waals surface area (Å²) >= 11 is 0. The summed E-state index contributed by atoms with van der Waals surface area (Å²) in [5, 5.41) is 0. The van der Waals surface area contributed by atoms with Crippen LogP contribution in [0.4, 0.5) is 8.78 Å². The first-order chi connectivity index (χ1) is 11.1. The van der Waals surface area contributed by atoms with Crippen molar-refractivity contribution in [3.63, 3.8) is 0 Å². The number of halogens is 2. The topological polar surface area (TPSA) is 15.7 Å². The van der Waals surface area contributed by atoms with Gasteiger partial charge in [0.25, 0.3) is 0 Å². The quantitative estimate of drug-likeness (QED) is 0.847. The standard InChI is InChI=1S/C18H26F2N2O/c1-14(22-6-8-23-9-7-22)16-2-4-21(5-3-16)13-15-10-17(19)12-18(20)11-15/h10-12,14,16H,2-9,13H2,1H3/t14-/m1/s1. The minimum absolute atomic E-state index is 0.490. The van der Waals surface area contributed by atoms with Crippen LogP contribution in [0.1, 0.15) is 25.3 Å². The maximum Gasteiger partial charge on any atom is 0.126 e. The zero-order valence-electron chi connectivity index (χ0n) is 13.8. The molecule has 1 aromatic carbocycles. The largest absolute Gasteiger partial charge is 0.379 e. The van der Waals surface area contributed by atoms with E-state index in [1.807, 2.05) is 0 Å². The Morgan fingerprint density at radius 1 is 1.04 bits per heavy atom. The van der Waals surface area contributed by atoms with E-state index >= 15 is 0 Å². The molecule has 2 saturated heterocycles.